The molecule has 93 heavy (non-hydrogen) atoms. The first-order valence-corrected chi connectivity index (χ1v) is 33.7. The predicted octanol–water partition coefficient (Wildman–Crippen LogP) is 24.1. The van der Waals surface area contributed by atoms with Crippen molar-refractivity contribution in [1.29, 1.82) is 0 Å². The van der Waals surface area contributed by atoms with Gasteiger partial charge in [-0.3, -0.25) is 0 Å². The first-order chi connectivity index (χ1) is 42.8. The third-order valence-corrected chi connectivity index (χ3v) is 18.9. The number of rotatable bonds is 14. The van der Waals surface area contributed by atoms with Gasteiger partial charge >= 0.3 is 0 Å². The maximum atomic E-state index is 15.6. The summed E-state index contributed by atoms with van der Waals surface area (Å²) in [6.45, 7) is 53.4. The van der Waals surface area contributed by atoms with Crippen molar-refractivity contribution in [1.82, 2.24) is 9.13 Å². The van der Waals surface area contributed by atoms with Crippen LogP contribution in [0.2, 0.25) is 0 Å². The molecular formula is C85H104F2N2O4. The number of phenolic OH excluding ortho intramolecular Hbond substituents is 2. The average molecular weight is 1260 g/mol. The second kappa shape index (κ2) is 23.7. The Morgan fingerprint density at radius 3 is 0.903 bits per heavy atom. The lowest BCUT2D eigenvalue weighted by Crippen LogP contribution is -2.30. The fourth-order valence-electron chi connectivity index (χ4n) is 14.9. The molecule has 0 aliphatic rings. The lowest BCUT2D eigenvalue weighted by molar-refractivity contribution is 0.125. The number of halogens is 2. The van der Waals surface area contributed by atoms with Crippen LogP contribution in [0.5, 0.6) is 23.0 Å². The maximum absolute atomic E-state index is 15.6. The molecule has 492 valence electrons. The minimum absolute atomic E-state index is 0.0272. The maximum Gasteiger partial charge on any atom is 0.151 e. The minimum atomic E-state index is -0.565. The predicted molar refractivity (Wildman–Crippen MR) is 389 cm³/mol. The summed E-state index contributed by atoms with van der Waals surface area (Å²) in [6, 6.07) is 43.8. The molecule has 0 radical (unpaired) electrons. The summed E-state index contributed by atoms with van der Waals surface area (Å²) in [5.41, 5.74) is 11.1. The average Bonchev–Trinajstić information content (AvgIpc) is 1.63. The molecule has 10 rings (SSSR count). The normalized spacial score (nSPS) is 14.0. The van der Waals surface area contributed by atoms with Crippen LogP contribution in [0.3, 0.4) is 0 Å². The summed E-state index contributed by atoms with van der Waals surface area (Å²) < 4.78 is 51.0. The van der Waals surface area contributed by atoms with Gasteiger partial charge in [-0.1, -0.05) is 201 Å². The van der Waals surface area contributed by atoms with Crippen LogP contribution in [0.1, 0.15) is 219 Å². The van der Waals surface area contributed by atoms with Gasteiger partial charge in [0.15, 0.2) is 23.0 Å². The molecule has 6 nitrogen and oxygen atoms in total. The number of fused-ring (bicyclic) bond motifs is 6. The first-order valence-electron chi connectivity index (χ1n) is 33.7. The van der Waals surface area contributed by atoms with Crippen molar-refractivity contribution in [2.45, 2.75) is 230 Å². The largest absolute Gasteiger partial charge is 0.505 e. The van der Waals surface area contributed by atoms with E-state index in [2.05, 4.69) is 248 Å². The summed E-state index contributed by atoms with van der Waals surface area (Å²) >= 11 is 0. The van der Waals surface area contributed by atoms with Gasteiger partial charge in [-0.2, -0.15) is 0 Å². The van der Waals surface area contributed by atoms with E-state index in [-0.39, 0.29) is 44.0 Å². The van der Waals surface area contributed by atoms with Crippen molar-refractivity contribution in [3.8, 4) is 56.6 Å². The highest BCUT2D eigenvalue weighted by Crippen LogP contribution is 2.55. The standard InChI is InChI=1S/C85H104F2N2O4/c1-50(92-76-66(84(21,22)48-78(3,4)5)46-60(52-27-25-29-58(86)40-52)74(90)72(76)88-68-35-31-54(80(9,10)11)42-62(68)63-43-55(81(12,13)14)32-36-69(63)88)39-51(2)93-77-67(85(23,24)49-79(6,7)8)47-61(53-28-26-30-59(87)41-53)75(91)73(77)89-70-37-33-56(82(15,16)17)44-64(70)65-45-57(83(18,19)20)34-38-71(65)89/h25-38,40-47,50-51,90-91H,39,48-49H2,1-24H3/t50-,51+. The van der Waals surface area contributed by atoms with E-state index < -0.39 is 34.7 Å². The van der Waals surface area contributed by atoms with Crippen LogP contribution >= 0.6 is 0 Å². The zero-order valence-electron chi connectivity index (χ0n) is 60.3. The van der Waals surface area contributed by atoms with E-state index in [4.69, 9.17) is 9.47 Å². The second-order valence-corrected chi connectivity index (χ2v) is 35.0. The van der Waals surface area contributed by atoms with Gasteiger partial charge in [0.25, 0.3) is 0 Å². The fourth-order valence-corrected chi connectivity index (χ4v) is 14.9. The molecule has 2 N–H and O–H groups in total. The highest BCUT2D eigenvalue weighted by molar-refractivity contribution is 6.12. The Morgan fingerprint density at radius 2 is 0.656 bits per heavy atom. The molecule has 0 spiro atoms. The fraction of sp³-hybridized carbons (Fsp3) is 0.435. The summed E-state index contributed by atoms with van der Waals surface area (Å²) in [7, 11) is 0. The monoisotopic (exact) mass is 1250 g/mol. The lowest BCUT2D eigenvalue weighted by Gasteiger charge is -2.37. The van der Waals surface area contributed by atoms with Gasteiger partial charge in [0, 0.05) is 50.2 Å². The molecule has 0 saturated carbocycles. The zero-order valence-corrected chi connectivity index (χ0v) is 60.3. The van der Waals surface area contributed by atoms with Crippen LogP contribution in [0.4, 0.5) is 8.78 Å². The summed E-state index contributed by atoms with van der Waals surface area (Å²) in [5.74, 6) is 0.196. The zero-order chi connectivity index (χ0) is 68.4. The summed E-state index contributed by atoms with van der Waals surface area (Å²) in [5, 5.41) is 31.2. The number of hydrogen-bond donors (Lipinski definition) is 2. The highest BCUT2D eigenvalue weighted by Gasteiger charge is 2.39. The molecule has 2 atom stereocenters. The first kappa shape index (κ1) is 68.3. The van der Waals surface area contributed by atoms with Gasteiger partial charge < -0.3 is 28.8 Å². The van der Waals surface area contributed by atoms with Crippen LogP contribution in [-0.4, -0.2) is 31.6 Å². The molecule has 0 unspecified atom stereocenters. The van der Waals surface area contributed by atoms with Crippen molar-refractivity contribution < 1.29 is 28.5 Å². The van der Waals surface area contributed by atoms with Gasteiger partial charge in [-0.25, -0.2) is 8.78 Å². The van der Waals surface area contributed by atoms with Crippen LogP contribution in [0.25, 0.3) is 77.2 Å². The van der Waals surface area contributed by atoms with E-state index in [0.29, 0.717) is 51.5 Å². The Balaban J connectivity index is 1.23. The Morgan fingerprint density at radius 1 is 0.376 bits per heavy atom. The molecule has 2 heterocycles. The van der Waals surface area contributed by atoms with Gasteiger partial charge in [0.2, 0.25) is 0 Å². The number of benzene rings is 8. The molecule has 8 heteroatoms. The number of aromatic hydroxyl groups is 2. The number of ether oxygens (including phenoxy) is 2. The Kier molecular flexibility index (Phi) is 17.4. The molecule has 2 aromatic heterocycles. The molecule has 0 fully saturated rings. The van der Waals surface area contributed by atoms with Gasteiger partial charge in [-0.05, 0) is 188 Å². The molecule has 8 aromatic carbocycles. The number of phenols is 2. The van der Waals surface area contributed by atoms with E-state index in [1.54, 1.807) is 12.1 Å². The third-order valence-electron chi connectivity index (χ3n) is 18.9. The SMILES string of the molecule is C[C@H](C[C@H](C)Oc1c(C(C)(C)CC(C)(C)C)cc(-c2cccc(F)c2)c(O)c1-n1c2ccc(C(C)(C)C)cc2c2cc(C(C)(C)C)ccc21)Oc1c(C(C)(C)CC(C)(C)C)cc(-c2cccc(F)c2)c(O)c1-n1c2ccc(C(C)(C)C)cc2c2cc(C(C)(C)C)ccc21. The Hall–Kier alpha value is -7.58. The van der Waals surface area contributed by atoms with Crippen molar-refractivity contribution in [2.75, 3.05) is 0 Å². The van der Waals surface area contributed by atoms with E-state index in [1.165, 1.54) is 46.5 Å². The van der Waals surface area contributed by atoms with Crippen LogP contribution in [0.15, 0.2) is 133 Å². The highest BCUT2D eigenvalue weighted by atomic mass is 19.1. The molecule has 0 aliphatic carbocycles. The van der Waals surface area contributed by atoms with Crippen molar-refractivity contribution in [3.63, 3.8) is 0 Å². The van der Waals surface area contributed by atoms with E-state index in [9.17, 15) is 10.2 Å². The Labute approximate surface area is 554 Å². The summed E-state index contributed by atoms with van der Waals surface area (Å²) in [4.78, 5) is 0. The van der Waals surface area contributed by atoms with Crippen molar-refractivity contribution >= 4 is 43.6 Å². The molecule has 0 bridgehead atoms. The smallest absolute Gasteiger partial charge is 0.151 e. The Bertz CT molecular complexity index is 4080. The molecule has 0 saturated heterocycles. The summed E-state index contributed by atoms with van der Waals surface area (Å²) in [6.07, 6.45) is 0.757. The number of aromatic nitrogens is 2. The van der Waals surface area contributed by atoms with Crippen molar-refractivity contribution in [3.05, 3.63) is 178 Å². The van der Waals surface area contributed by atoms with Crippen LogP contribution in [0, 0.1) is 22.5 Å². The van der Waals surface area contributed by atoms with Crippen LogP contribution in [-0.2, 0) is 32.5 Å². The van der Waals surface area contributed by atoms with E-state index in [1.807, 2.05) is 24.3 Å². The van der Waals surface area contributed by atoms with Gasteiger partial charge in [0.1, 0.15) is 23.0 Å². The van der Waals surface area contributed by atoms with Crippen LogP contribution < -0.4 is 9.47 Å². The molecule has 0 aliphatic heterocycles. The molecule has 0 amide bonds. The van der Waals surface area contributed by atoms with Gasteiger partial charge in [0.05, 0.1) is 34.3 Å². The van der Waals surface area contributed by atoms with Gasteiger partial charge in [-0.15, -0.1) is 0 Å². The van der Waals surface area contributed by atoms with E-state index >= 15 is 8.78 Å². The third kappa shape index (κ3) is 13.7. The number of nitrogens with zero attached hydrogens (tertiary/aromatic N) is 2. The topological polar surface area (TPSA) is 68.8 Å². The molecule has 10 aromatic rings. The molecular weight excluding hydrogens is 1150 g/mol. The minimum Gasteiger partial charge on any atom is -0.505 e. The van der Waals surface area contributed by atoms with E-state index in [0.717, 1.165) is 67.6 Å². The quantitative estimate of drug-likeness (QED) is 0.114. The lowest BCUT2D eigenvalue weighted by atomic mass is 9.71. The second-order valence-electron chi connectivity index (χ2n) is 35.0. The van der Waals surface area contributed by atoms with Crippen molar-refractivity contribution in [2.24, 2.45) is 10.8 Å². The number of hydrogen-bond acceptors (Lipinski definition) is 4.